The quantitative estimate of drug-likeness (QED) is 0.702. The van der Waals surface area contributed by atoms with E-state index >= 15 is 0 Å². The van der Waals surface area contributed by atoms with Gasteiger partial charge in [0.1, 0.15) is 11.4 Å². The summed E-state index contributed by atoms with van der Waals surface area (Å²) in [5.74, 6) is -1.26. The molecule has 8 nitrogen and oxygen atoms in total. The summed E-state index contributed by atoms with van der Waals surface area (Å²) < 4.78 is 30.8. The number of hydrogen-bond donors (Lipinski definition) is 0. The molecule has 0 unspecified atom stereocenters. The third-order valence-electron chi connectivity index (χ3n) is 5.63. The van der Waals surface area contributed by atoms with Crippen LogP contribution in [-0.4, -0.2) is 62.2 Å². The second-order valence-corrected chi connectivity index (χ2v) is 9.27. The molecule has 0 bridgehead atoms. The Morgan fingerprint density at radius 2 is 1.86 bits per heavy atom. The summed E-state index contributed by atoms with van der Waals surface area (Å²) in [5, 5.41) is 0. The highest BCUT2D eigenvalue weighted by molar-refractivity contribution is 7.90. The van der Waals surface area contributed by atoms with Crippen molar-refractivity contribution in [1.29, 1.82) is 0 Å². The normalized spacial score (nSPS) is 23.2. The van der Waals surface area contributed by atoms with Crippen molar-refractivity contribution in [1.82, 2.24) is 9.21 Å². The lowest BCUT2D eigenvalue weighted by atomic mass is 9.87. The maximum Gasteiger partial charge on any atom is 0.337 e. The summed E-state index contributed by atoms with van der Waals surface area (Å²) in [6, 6.07) is 3.78. The average Bonchev–Trinajstić information content (AvgIpc) is 2.87. The van der Waals surface area contributed by atoms with Gasteiger partial charge in [0.2, 0.25) is 5.91 Å². The maximum absolute atomic E-state index is 12.8. The molecule has 1 heterocycles. The number of carbonyl (C=O) groups excluding carboxylic acids is 3. The van der Waals surface area contributed by atoms with Gasteiger partial charge in [-0.05, 0) is 49.8 Å². The SMILES string of the molecule is COC(=O)c1ccc2c(c1)S(=O)(=O)N(CC(=O)N(C)C1CCC(C)CC1)C2=O. The first-order valence-corrected chi connectivity index (χ1v) is 10.7. The molecule has 28 heavy (non-hydrogen) atoms. The predicted molar refractivity (Wildman–Crippen MR) is 100 cm³/mol. The molecule has 2 amide bonds. The van der Waals surface area contributed by atoms with Gasteiger partial charge in [0.15, 0.2) is 0 Å². The second-order valence-electron chi connectivity index (χ2n) is 7.44. The molecule has 1 aromatic rings. The molecular weight excluding hydrogens is 384 g/mol. The highest BCUT2D eigenvalue weighted by Gasteiger charge is 2.43. The zero-order chi connectivity index (χ0) is 20.6. The number of carbonyl (C=O) groups is 3. The third kappa shape index (κ3) is 3.50. The molecule has 0 atom stereocenters. The molecule has 1 aliphatic heterocycles. The fourth-order valence-corrected chi connectivity index (χ4v) is 5.29. The minimum atomic E-state index is -4.20. The van der Waals surface area contributed by atoms with Crippen LogP contribution in [0, 0.1) is 5.92 Å². The van der Waals surface area contributed by atoms with Crippen LogP contribution >= 0.6 is 0 Å². The lowest BCUT2D eigenvalue weighted by Crippen LogP contribution is -2.46. The van der Waals surface area contributed by atoms with E-state index in [-0.39, 0.29) is 22.1 Å². The number of fused-ring (bicyclic) bond motifs is 1. The number of methoxy groups -OCH3 is 1. The van der Waals surface area contributed by atoms with Gasteiger partial charge in [-0.25, -0.2) is 17.5 Å². The molecule has 152 valence electrons. The predicted octanol–water partition coefficient (Wildman–Crippen LogP) is 1.65. The van der Waals surface area contributed by atoms with Gasteiger partial charge in [0.05, 0.1) is 18.2 Å². The summed E-state index contributed by atoms with van der Waals surface area (Å²) in [7, 11) is -1.37. The van der Waals surface area contributed by atoms with Crippen LogP contribution in [0.4, 0.5) is 0 Å². The molecule has 9 heteroatoms. The van der Waals surface area contributed by atoms with E-state index in [0.717, 1.165) is 31.7 Å². The van der Waals surface area contributed by atoms with Crippen LogP contribution in [0.25, 0.3) is 0 Å². The van der Waals surface area contributed by atoms with E-state index in [9.17, 15) is 22.8 Å². The van der Waals surface area contributed by atoms with Crippen molar-refractivity contribution >= 4 is 27.8 Å². The summed E-state index contributed by atoms with van der Waals surface area (Å²) in [4.78, 5) is 38.2. The van der Waals surface area contributed by atoms with Gasteiger partial charge in [-0.2, -0.15) is 0 Å². The molecule has 0 saturated heterocycles. The highest BCUT2D eigenvalue weighted by atomic mass is 32.2. The van der Waals surface area contributed by atoms with Crippen LogP contribution in [0.3, 0.4) is 0 Å². The number of likely N-dealkylation sites (N-methyl/N-ethyl adjacent to an activating group) is 1. The van der Waals surface area contributed by atoms with Gasteiger partial charge in [0, 0.05) is 13.1 Å². The Labute approximate surface area is 164 Å². The Kier molecular flexibility index (Phi) is 5.47. The first-order valence-electron chi connectivity index (χ1n) is 9.22. The number of esters is 1. The summed E-state index contributed by atoms with van der Waals surface area (Å²) >= 11 is 0. The molecule has 3 rings (SSSR count). The minimum Gasteiger partial charge on any atom is -0.465 e. The van der Waals surface area contributed by atoms with Crippen molar-refractivity contribution in [3.8, 4) is 0 Å². The fourth-order valence-electron chi connectivity index (χ4n) is 3.74. The van der Waals surface area contributed by atoms with Gasteiger partial charge < -0.3 is 9.64 Å². The fraction of sp³-hybridized carbons (Fsp3) is 0.526. The Morgan fingerprint density at radius 3 is 2.46 bits per heavy atom. The number of benzene rings is 1. The minimum absolute atomic E-state index is 0.0271. The Balaban J connectivity index is 1.80. The van der Waals surface area contributed by atoms with Crippen LogP contribution in [0.1, 0.15) is 53.3 Å². The van der Waals surface area contributed by atoms with Crippen LogP contribution in [0.5, 0.6) is 0 Å². The summed E-state index contributed by atoms with van der Waals surface area (Å²) in [6.07, 6.45) is 3.77. The van der Waals surface area contributed by atoms with Crippen LogP contribution in [0.15, 0.2) is 23.1 Å². The van der Waals surface area contributed by atoms with Crippen LogP contribution in [0.2, 0.25) is 0 Å². The molecule has 1 aromatic carbocycles. The van der Waals surface area contributed by atoms with Gasteiger partial charge in [-0.15, -0.1) is 0 Å². The number of ether oxygens (including phenoxy) is 1. The Bertz CT molecular complexity index is 918. The number of amides is 2. The molecule has 0 aromatic heterocycles. The molecular formula is C19H24N2O6S. The van der Waals surface area contributed by atoms with E-state index in [0.29, 0.717) is 10.2 Å². The summed E-state index contributed by atoms with van der Waals surface area (Å²) in [6.45, 7) is 1.62. The van der Waals surface area contributed by atoms with E-state index < -0.39 is 34.4 Å². The van der Waals surface area contributed by atoms with E-state index in [1.807, 2.05) is 0 Å². The van der Waals surface area contributed by atoms with Gasteiger partial charge >= 0.3 is 5.97 Å². The van der Waals surface area contributed by atoms with Crippen molar-refractivity contribution in [3.63, 3.8) is 0 Å². The molecule has 1 saturated carbocycles. The first-order chi connectivity index (χ1) is 13.2. The first kappa shape index (κ1) is 20.3. The molecule has 1 aliphatic carbocycles. The lowest BCUT2D eigenvalue weighted by Gasteiger charge is -2.34. The third-order valence-corrected chi connectivity index (χ3v) is 7.40. The lowest BCUT2D eigenvalue weighted by molar-refractivity contribution is -0.132. The summed E-state index contributed by atoms with van der Waals surface area (Å²) in [5.41, 5.74) is -0.0196. The zero-order valence-electron chi connectivity index (χ0n) is 16.2. The number of hydrogen-bond acceptors (Lipinski definition) is 6. The van der Waals surface area contributed by atoms with Gasteiger partial charge in [-0.1, -0.05) is 6.92 Å². The monoisotopic (exact) mass is 408 g/mol. The molecule has 0 N–H and O–H groups in total. The van der Waals surface area contributed by atoms with E-state index in [1.165, 1.54) is 19.2 Å². The topological polar surface area (TPSA) is 101 Å². The highest BCUT2D eigenvalue weighted by Crippen LogP contribution is 2.32. The van der Waals surface area contributed by atoms with Gasteiger partial charge in [-0.3, -0.25) is 9.59 Å². The number of nitrogens with zero attached hydrogens (tertiary/aromatic N) is 2. The van der Waals surface area contributed by atoms with E-state index in [4.69, 9.17) is 0 Å². The standard InChI is InChI=1S/C19H24N2O6S/c1-12-4-7-14(8-5-12)20(2)17(22)11-21-18(23)15-9-6-13(19(24)27-3)10-16(15)28(21,25)26/h6,9-10,12,14H,4-5,7-8,11H2,1-3H3. The van der Waals surface area contributed by atoms with Crippen molar-refractivity contribution in [2.75, 3.05) is 20.7 Å². The van der Waals surface area contributed by atoms with E-state index in [1.54, 1.807) is 11.9 Å². The molecule has 0 spiro atoms. The Hall–Kier alpha value is -2.42. The van der Waals surface area contributed by atoms with Crippen molar-refractivity contribution < 1.29 is 27.5 Å². The number of rotatable bonds is 4. The van der Waals surface area contributed by atoms with Crippen LogP contribution < -0.4 is 0 Å². The maximum atomic E-state index is 12.8. The molecule has 0 radical (unpaired) electrons. The van der Waals surface area contributed by atoms with Crippen molar-refractivity contribution in [3.05, 3.63) is 29.3 Å². The molecule has 2 aliphatic rings. The smallest absolute Gasteiger partial charge is 0.337 e. The van der Waals surface area contributed by atoms with E-state index in [2.05, 4.69) is 11.7 Å². The van der Waals surface area contributed by atoms with Crippen molar-refractivity contribution in [2.24, 2.45) is 5.92 Å². The Morgan fingerprint density at radius 1 is 1.21 bits per heavy atom. The van der Waals surface area contributed by atoms with Gasteiger partial charge in [0.25, 0.3) is 15.9 Å². The molecule has 1 fully saturated rings. The number of sulfonamides is 1. The zero-order valence-corrected chi connectivity index (χ0v) is 17.0. The van der Waals surface area contributed by atoms with Crippen LogP contribution in [-0.2, 0) is 19.6 Å². The van der Waals surface area contributed by atoms with Crippen molar-refractivity contribution in [2.45, 2.75) is 43.5 Å². The second kappa shape index (κ2) is 7.54. The average molecular weight is 408 g/mol. The largest absolute Gasteiger partial charge is 0.465 e.